The number of aliphatic imine (C=N–C) groups is 1. The van der Waals surface area contributed by atoms with Gasteiger partial charge >= 0.3 is 0 Å². The minimum Gasteiger partial charge on any atom is -0.368 e. The van der Waals surface area contributed by atoms with Gasteiger partial charge in [-0.3, -0.25) is 0 Å². The van der Waals surface area contributed by atoms with Crippen molar-refractivity contribution in [2.75, 3.05) is 16.8 Å². The fraction of sp³-hybridized carbons (Fsp3) is 0.568. The van der Waals surface area contributed by atoms with Gasteiger partial charge < -0.3 is 10.2 Å². The van der Waals surface area contributed by atoms with Crippen LogP contribution in [0.1, 0.15) is 145 Å². The maximum absolute atomic E-state index is 4.80. The maximum atomic E-state index is 4.80. The summed E-state index contributed by atoms with van der Waals surface area (Å²) in [5.74, 6) is 1.40. The van der Waals surface area contributed by atoms with Gasteiger partial charge in [-0.25, -0.2) is 4.99 Å². The van der Waals surface area contributed by atoms with E-state index in [0.29, 0.717) is 11.9 Å². The van der Waals surface area contributed by atoms with E-state index in [-0.39, 0.29) is 7.43 Å². The Balaban J connectivity index is -0.00000177. The van der Waals surface area contributed by atoms with E-state index in [9.17, 15) is 0 Å². The Morgan fingerprint density at radius 2 is 1.49 bits per heavy atom. The molecule has 2 atom stereocenters. The van der Waals surface area contributed by atoms with Crippen LogP contribution >= 0.6 is 0 Å². The molecular weight excluding hydrogens is 571 g/mol. The first-order chi connectivity index (χ1) is 22.1. The molecule has 0 amide bonds. The fourth-order valence-corrected chi connectivity index (χ4v) is 5.87. The van der Waals surface area contributed by atoms with E-state index in [1.165, 1.54) is 47.2 Å². The number of benzene rings is 2. The average Bonchev–Trinajstić information content (AvgIpc) is 3.42. The zero-order valence-electron chi connectivity index (χ0n) is 33.0. The summed E-state index contributed by atoms with van der Waals surface area (Å²) in [6.07, 6.45) is 8.95. The third kappa shape index (κ3) is 16.5. The predicted octanol–water partition coefficient (Wildman–Crippen LogP) is 14.2. The number of nitrogens with one attached hydrogen (secondary N) is 1. The summed E-state index contributed by atoms with van der Waals surface area (Å²) < 4.78 is 0. The van der Waals surface area contributed by atoms with Gasteiger partial charge in [0.1, 0.15) is 5.82 Å². The molecule has 1 aliphatic heterocycles. The smallest absolute Gasteiger partial charge is 0.123 e. The van der Waals surface area contributed by atoms with Crippen molar-refractivity contribution in [3.8, 4) is 0 Å². The highest BCUT2D eigenvalue weighted by Crippen LogP contribution is 2.34. The van der Waals surface area contributed by atoms with E-state index in [4.69, 9.17) is 4.99 Å². The van der Waals surface area contributed by atoms with Gasteiger partial charge in [-0.1, -0.05) is 121 Å². The third-order valence-electron chi connectivity index (χ3n) is 7.80. The van der Waals surface area contributed by atoms with Crippen molar-refractivity contribution in [1.29, 1.82) is 0 Å². The highest BCUT2D eigenvalue weighted by molar-refractivity contribution is 6.02. The zero-order valence-corrected chi connectivity index (χ0v) is 33.0. The number of anilines is 2. The van der Waals surface area contributed by atoms with E-state index in [0.717, 1.165) is 54.3 Å². The molecule has 47 heavy (non-hydrogen) atoms. The molecule has 2 aromatic carbocycles. The molecule has 1 fully saturated rings. The minimum absolute atomic E-state index is 0. The lowest BCUT2D eigenvalue weighted by Crippen LogP contribution is -2.29. The summed E-state index contributed by atoms with van der Waals surface area (Å²) in [7, 11) is 0. The van der Waals surface area contributed by atoms with Crippen LogP contribution < -0.4 is 10.2 Å². The van der Waals surface area contributed by atoms with Gasteiger partial charge in [0.2, 0.25) is 0 Å². The molecule has 1 heterocycles. The van der Waals surface area contributed by atoms with Crippen LogP contribution in [0.5, 0.6) is 0 Å². The number of hydrogen-bond donors (Lipinski definition) is 1. The van der Waals surface area contributed by atoms with Crippen LogP contribution in [-0.4, -0.2) is 18.3 Å². The van der Waals surface area contributed by atoms with Crippen LogP contribution in [0.3, 0.4) is 0 Å². The molecule has 3 nitrogen and oxygen atoms in total. The Kier molecular flexibility index (Phi) is 28.8. The second-order valence-electron chi connectivity index (χ2n) is 11.6. The first-order valence-corrected chi connectivity index (χ1v) is 18.3. The first kappa shape index (κ1) is 48.3. The quantitative estimate of drug-likeness (QED) is 0.194. The van der Waals surface area contributed by atoms with Crippen LogP contribution in [0.2, 0.25) is 0 Å². The molecule has 0 bridgehead atoms. The lowest BCUT2D eigenvalue weighted by Gasteiger charge is -2.28. The molecule has 3 rings (SSSR count). The van der Waals surface area contributed by atoms with Crippen molar-refractivity contribution in [1.82, 2.24) is 0 Å². The molecule has 1 saturated heterocycles. The van der Waals surface area contributed by atoms with Crippen LogP contribution in [-0.2, 0) is 6.42 Å². The lowest BCUT2D eigenvalue weighted by atomic mass is 9.94. The molecule has 0 spiro atoms. The topological polar surface area (TPSA) is 27.6 Å². The van der Waals surface area contributed by atoms with E-state index in [1.807, 2.05) is 48.5 Å². The van der Waals surface area contributed by atoms with Crippen LogP contribution in [0.25, 0.3) is 0 Å². The fourth-order valence-electron chi connectivity index (χ4n) is 5.87. The van der Waals surface area contributed by atoms with Gasteiger partial charge in [0.25, 0.3) is 0 Å². The molecule has 0 aromatic heterocycles. The van der Waals surface area contributed by atoms with Crippen molar-refractivity contribution in [3.63, 3.8) is 0 Å². The molecule has 1 N–H and O–H groups in total. The van der Waals surface area contributed by atoms with Gasteiger partial charge in [0.05, 0.1) is 0 Å². The highest BCUT2D eigenvalue weighted by atomic mass is 15.2. The highest BCUT2D eigenvalue weighted by Gasteiger charge is 2.29. The maximum Gasteiger partial charge on any atom is 0.123 e. The molecule has 1 unspecified atom stereocenters. The van der Waals surface area contributed by atoms with E-state index >= 15 is 0 Å². The third-order valence-corrected chi connectivity index (χ3v) is 7.80. The van der Waals surface area contributed by atoms with Crippen LogP contribution in [0, 0.1) is 26.7 Å². The van der Waals surface area contributed by atoms with Gasteiger partial charge in [-0.15, -0.1) is 0 Å². The van der Waals surface area contributed by atoms with Gasteiger partial charge in [0, 0.05) is 29.7 Å². The zero-order chi connectivity index (χ0) is 35.8. The normalized spacial score (nSPS) is 15.2. The molecule has 2 aromatic rings. The number of allylic oxidation sites excluding steroid dienone is 3. The molecule has 0 aliphatic carbocycles. The summed E-state index contributed by atoms with van der Waals surface area (Å²) in [4.78, 5) is 7.38. The van der Waals surface area contributed by atoms with E-state index in [2.05, 4.69) is 121 Å². The SMILES string of the molecule is C.C=C(/N=C(C)\C(=C/C)C(=C)CCCc1c(C)cccc1C)Nc1ccc(N2CC(C)C[C@H]2CC)c(C)c1.CC.CC.CC.CCC. The Morgan fingerprint density at radius 1 is 0.936 bits per heavy atom. The molecule has 268 valence electrons. The van der Waals surface area contributed by atoms with Crippen molar-refractivity contribution in [2.45, 2.75) is 156 Å². The summed E-state index contributed by atoms with van der Waals surface area (Å²) in [6, 6.07) is 13.8. The first-order valence-electron chi connectivity index (χ1n) is 18.3. The van der Waals surface area contributed by atoms with Crippen molar-refractivity contribution in [2.24, 2.45) is 10.9 Å². The Labute approximate surface area is 294 Å². The second kappa shape index (κ2) is 28.0. The Morgan fingerprint density at radius 3 is 1.98 bits per heavy atom. The van der Waals surface area contributed by atoms with Gasteiger partial charge in [-0.2, -0.15) is 0 Å². The van der Waals surface area contributed by atoms with Gasteiger partial charge in [-0.05, 0) is 124 Å². The lowest BCUT2D eigenvalue weighted by molar-refractivity contribution is 0.588. The molecule has 0 radical (unpaired) electrons. The van der Waals surface area contributed by atoms with E-state index < -0.39 is 0 Å². The second-order valence-corrected chi connectivity index (χ2v) is 11.6. The molecular formula is C44H77N3. The molecule has 0 saturated carbocycles. The number of nitrogens with zero attached hydrogens (tertiary/aromatic N) is 2. The monoisotopic (exact) mass is 648 g/mol. The Hall–Kier alpha value is -3.07. The summed E-state index contributed by atoms with van der Waals surface area (Å²) in [5, 5.41) is 3.40. The summed E-state index contributed by atoms with van der Waals surface area (Å²) in [6.45, 7) is 41.3. The van der Waals surface area contributed by atoms with Crippen molar-refractivity contribution in [3.05, 3.63) is 94.9 Å². The Bertz CT molecular complexity index is 1180. The standard InChI is InChI=1S/C34H47N3.C3H8.3C2H6.CH4/c1-10-31-20-23(3)22-37(31)34-19-18-30(21-27(34)7)36-29(9)35-28(8)32(11-2)24(4)16-13-17-33-25(5)14-12-15-26(33)6;1-3-2;3*1-2;/h11-12,14-15,18-19,21,23,31,36H,4,9-10,13,16-17,20,22H2,1-3,5-8H3;3H2,1-2H3;3*1-2H3;1H4/b32-11-,35-28-;;;;;/t23?,31-;;;;;/m1...../s1. The van der Waals surface area contributed by atoms with Gasteiger partial charge in [0.15, 0.2) is 0 Å². The number of rotatable bonds is 11. The van der Waals surface area contributed by atoms with Crippen LogP contribution in [0.4, 0.5) is 11.4 Å². The molecule has 3 heteroatoms. The average molecular weight is 648 g/mol. The minimum atomic E-state index is 0. The molecule has 1 aliphatic rings. The largest absolute Gasteiger partial charge is 0.368 e. The number of hydrogen-bond acceptors (Lipinski definition) is 3. The number of aryl methyl sites for hydroxylation is 3. The van der Waals surface area contributed by atoms with Crippen molar-refractivity contribution >= 4 is 17.1 Å². The van der Waals surface area contributed by atoms with E-state index in [1.54, 1.807) is 0 Å². The summed E-state index contributed by atoms with van der Waals surface area (Å²) in [5.41, 5.74) is 11.1. The predicted molar refractivity (Wildman–Crippen MR) is 221 cm³/mol. The van der Waals surface area contributed by atoms with Crippen LogP contribution in [0.15, 0.2) is 77.6 Å². The van der Waals surface area contributed by atoms with Crippen molar-refractivity contribution < 1.29 is 0 Å². The summed E-state index contributed by atoms with van der Waals surface area (Å²) >= 11 is 0.